The van der Waals surface area contributed by atoms with E-state index in [0.717, 1.165) is 12.8 Å². The number of hydrogen-bond acceptors (Lipinski definition) is 3. The van der Waals surface area contributed by atoms with Crippen LogP contribution < -0.4 is 10.6 Å². The molecule has 27 heavy (non-hydrogen) atoms. The maximum Gasteiger partial charge on any atom is 0.109 e. The Labute approximate surface area is 165 Å². The number of benzene rings is 2. The summed E-state index contributed by atoms with van der Waals surface area (Å²) in [6.45, 7) is 0. The highest BCUT2D eigenvalue weighted by Gasteiger charge is 2.39. The van der Waals surface area contributed by atoms with Gasteiger partial charge in [0.15, 0.2) is 0 Å². The van der Waals surface area contributed by atoms with Crippen LogP contribution in [0.25, 0.3) is 0 Å². The van der Waals surface area contributed by atoms with Crippen LogP contribution in [0, 0.1) is 0 Å². The molecule has 0 radical (unpaired) electrons. The van der Waals surface area contributed by atoms with Gasteiger partial charge < -0.3 is 10.6 Å². The van der Waals surface area contributed by atoms with Crippen molar-refractivity contribution in [1.82, 2.24) is 10.6 Å². The van der Waals surface area contributed by atoms with E-state index >= 15 is 0 Å². The average molecular weight is 373 g/mol. The minimum atomic E-state index is -0.215. The first kappa shape index (κ1) is 17.7. The van der Waals surface area contributed by atoms with E-state index in [0.29, 0.717) is 0 Å². The van der Waals surface area contributed by atoms with Gasteiger partial charge in [-0.2, -0.15) is 0 Å². The fourth-order valence-corrected chi connectivity index (χ4v) is 5.22. The highest BCUT2D eigenvalue weighted by atomic mass is 32.2. The Hall–Kier alpha value is -2.65. The van der Waals surface area contributed by atoms with Crippen molar-refractivity contribution in [2.75, 3.05) is 0 Å². The van der Waals surface area contributed by atoms with E-state index in [2.05, 4.69) is 120 Å². The maximum atomic E-state index is 3.64. The molecule has 0 aliphatic carbocycles. The number of dihydropyridines is 2. The SMILES string of the molecule is C1=CNC(Cc2ccccc2)(SC2(Cc3ccccc3)C=CC=CN2)C=C1. The smallest absolute Gasteiger partial charge is 0.109 e. The van der Waals surface area contributed by atoms with Crippen molar-refractivity contribution in [2.45, 2.75) is 22.6 Å². The van der Waals surface area contributed by atoms with E-state index in [9.17, 15) is 0 Å². The first-order valence-electron chi connectivity index (χ1n) is 9.30. The van der Waals surface area contributed by atoms with Crippen LogP contribution in [0.1, 0.15) is 11.1 Å². The Morgan fingerprint density at radius 3 is 1.41 bits per heavy atom. The van der Waals surface area contributed by atoms with E-state index in [-0.39, 0.29) is 9.74 Å². The highest BCUT2D eigenvalue weighted by Crippen LogP contribution is 2.42. The topological polar surface area (TPSA) is 24.1 Å². The Kier molecular flexibility index (Phi) is 5.21. The first-order valence-corrected chi connectivity index (χ1v) is 10.1. The molecule has 0 saturated carbocycles. The molecule has 4 rings (SSSR count). The van der Waals surface area contributed by atoms with Crippen LogP contribution in [0.2, 0.25) is 0 Å². The van der Waals surface area contributed by atoms with Gasteiger partial charge in [0.25, 0.3) is 0 Å². The normalized spacial score (nSPS) is 25.8. The average Bonchev–Trinajstić information content (AvgIpc) is 2.70. The minimum absolute atomic E-state index is 0.215. The minimum Gasteiger partial charge on any atom is -0.373 e. The summed E-state index contributed by atoms with van der Waals surface area (Å²) in [5.41, 5.74) is 2.64. The van der Waals surface area contributed by atoms with Crippen molar-refractivity contribution in [3.05, 3.63) is 121 Å². The van der Waals surface area contributed by atoms with Crippen molar-refractivity contribution < 1.29 is 0 Å². The van der Waals surface area contributed by atoms with Crippen molar-refractivity contribution >= 4 is 11.8 Å². The molecule has 2 aliphatic rings. The molecule has 0 saturated heterocycles. The van der Waals surface area contributed by atoms with Gasteiger partial charge in [0.1, 0.15) is 9.74 Å². The molecule has 2 heterocycles. The molecule has 136 valence electrons. The van der Waals surface area contributed by atoms with E-state index < -0.39 is 0 Å². The quantitative estimate of drug-likeness (QED) is 0.751. The number of thioether (sulfide) groups is 1. The van der Waals surface area contributed by atoms with Gasteiger partial charge in [-0.1, -0.05) is 84.6 Å². The lowest BCUT2D eigenvalue weighted by atomic mass is 10.0. The van der Waals surface area contributed by atoms with Crippen LogP contribution in [0.5, 0.6) is 0 Å². The molecule has 0 amide bonds. The summed E-state index contributed by atoms with van der Waals surface area (Å²) in [4.78, 5) is -0.430. The summed E-state index contributed by atoms with van der Waals surface area (Å²) in [6.07, 6.45) is 18.9. The van der Waals surface area contributed by atoms with Crippen LogP contribution in [0.4, 0.5) is 0 Å². The summed E-state index contributed by atoms with van der Waals surface area (Å²) >= 11 is 1.93. The van der Waals surface area contributed by atoms with Crippen molar-refractivity contribution in [3.63, 3.8) is 0 Å². The third kappa shape index (κ3) is 4.37. The second-order valence-corrected chi connectivity index (χ2v) is 8.59. The molecule has 2 N–H and O–H groups in total. The Bertz CT molecular complexity index is 796. The maximum absolute atomic E-state index is 3.64. The van der Waals surface area contributed by atoms with Gasteiger partial charge in [0.05, 0.1) is 0 Å². The molecule has 0 aromatic heterocycles. The molecular weight excluding hydrogens is 348 g/mol. The Morgan fingerprint density at radius 2 is 1.04 bits per heavy atom. The fraction of sp³-hybridized carbons (Fsp3) is 0.167. The summed E-state index contributed by atoms with van der Waals surface area (Å²) in [5.74, 6) is 0. The third-order valence-corrected chi connectivity index (χ3v) is 6.31. The van der Waals surface area contributed by atoms with Crippen molar-refractivity contribution in [2.24, 2.45) is 0 Å². The monoisotopic (exact) mass is 372 g/mol. The van der Waals surface area contributed by atoms with Gasteiger partial charge in [0, 0.05) is 12.8 Å². The molecular formula is C24H24N2S. The van der Waals surface area contributed by atoms with Crippen LogP contribution in [-0.2, 0) is 12.8 Å². The van der Waals surface area contributed by atoms with Crippen molar-refractivity contribution in [3.8, 4) is 0 Å². The molecule has 0 bridgehead atoms. The fourth-order valence-electron chi connectivity index (χ4n) is 3.55. The lowest BCUT2D eigenvalue weighted by Gasteiger charge is -2.42. The summed E-state index contributed by atoms with van der Waals surface area (Å²) < 4.78 is 0. The standard InChI is InChI=1S/C24H24N2S/c1-3-11-21(12-4-1)19-23(15-7-9-17-25-23)27-24(16-8-10-18-26-24)20-22-13-5-2-6-14-22/h1-18,25-26H,19-20H2. The molecule has 3 heteroatoms. The molecule has 2 nitrogen and oxygen atoms in total. The largest absolute Gasteiger partial charge is 0.373 e. The van der Waals surface area contributed by atoms with Gasteiger partial charge >= 0.3 is 0 Å². The van der Waals surface area contributed by atoms with E-state index in [1.54, 1.807) is 0 Å². The number of allylic oxidation sites excluding steroid dienone is 4. The number of rotatable bonds is 6. The van der Waals surface area contributed by atoms with Crippen LogP contribution >= 0.6 is 11.8 Å². The predicted molar refractivity (Wildman–Crippen MR) is 116 cm³/mol. The Balaban J connectivity index is 1.64. The summed E-state index contributed by atoms with van der Waals surface area (Å²) in [6, 6.07) is 21.4. The van der Waals surface area contributed by atoms with Gasteiger partial charge in [0.2, 0.25) is 0 Å². The molecule has 2 aromatic carbocycles. The van der Waals surface area contributed by atoms with Crippen molar-refractivity contribution in [1.29, 1.82) is 0 Å². The zero-order valence-electron chi connectivity index (χ0n) is 15.2. The zero-order valence-corrected chi connectivity index (χ0v) is 16.0. The van der Waals surface area contributed by atoms with E-state index in [1.165, 1.54) is 11.1 Å². The van der Waals surface area contributed by atoms with Gasteiger partial charge in [-0.25, -0.2) is 0 Å². The molecule has 0 spiro atoms. The zero-order chi connectivity index (χ0) is 18.4. The molecule has 2 aromatic rings. The van der Waals surface area contributed by atoms with Gasteiger partial charge in [-0.05, 0) is 47.8 Å². The number of hydrogen-bond donors (Lipinski definition) is 2. The lowest BCUT2D eigenvalue weighted by molar-refractivity contribution is 0.582. The summed E-state index contributed by atoms with van der Waals surface area (Å²) in [5, 5.41) is 7.27. The molecule has 2 atom stereocenters. The predicted octanol–water partition coefficient (Wildman–Crippen LogP) is 4.94. The Morgan fingerprint density at radius 1 is 0.593 bits per heavy atom. The highest BCUT2D eigenvalue weighted by molar-refractivity contribution is 8.02. The van der Waals surface area contributed by atoms with Gasteiger partial charge in [-0.15, -0.1) is 0 Å². The second kappa shape index (κ2) is 7.93. The van der Waals surface area contributed by atoms with Crippen LogP contribution in [-0.4, -0.2) is 9.74 Å². The molecule has 2 aliphatic heterocycles. The van der Waals surface area contributed by atoms with Crippen LogP contribution in [0.15, 0.2) is 110 Å². The second-order valence-electron chi connectivity index (χ2n) is 6.93. The van der Waals surface area contributed by atoms with Gasteiger partial charge in [-0.3, -0.25) is 0 Å². The van der Waals surface area contributed by atoms with E-state index in [1.807, 2.05) is 11.8 Å². The first-order chi connectivity index (χ1) is 13.3. The summed E-state index contributed by atoms with van der Waals surface area (Å²) in [7, 11) is 0. The third-order valence-electron chi connectivity index (χ3n) is 4.78. The molecule has 0 fully saturated rings. The van der Waals surface area contributed by atoms with Crippen LogP contribution in [0.3, 0.4) is 0 Å². The lowest BCUT2D eigenvalue weighted by Crippen LogP contribution is -2.50. The molecule has 2 unspecified atom stereocenters. The number of nitrogens with one attached hydrogen (secondary N) is 2. The van der Waals surface area contributed by atoms with E-state index in [4.69, 9.17) is 0 Å².